The lowest BCUT2D eigenvalue weighted by Gasteiger charge is -2.26. The first kappa shape index (κ1) is 15.1. The number of hydrogen-bond acceptors (Lipinski definition) is 4. The Kier molecular flexibility index (Phi) is 5.39. The second kappa shape index (κ2) is 7.49. The fourth-order valence-electron chi connectivity index (χ4n) is 1.93. The molecule has 1 aromatic rings. The average Bonchev–Trinajstić information content (AvgIpc) is 2.54. The first-order valence-corrected chi connectivity index (χ1v) is 6.75. The van der Waals surface area contributed by atoms with Gasteiger partial charge in [0.15, 0.2) is 5.96 Å². The van der Waals surface area contributed by atoms with E-state index in [1.165, 1.54) is 0 Å². The van der Waals surface area contributed by atoms with Crippen molar-refractivity contribution in [3.05, 3.63) is 24.3 Å². The van der Waals surface area contributed by atoms with Gasteiger partial charge in [-0.3, -0.25) is 4.79 Å². The molecular weight excluding hydrogens is 272 g/mol. The maximum atomic E-state index is 11.9. The van der Waals surface area contributed by atoms with Crippen molar-refractivity contribution in [2.45, 2.75) is 0 Å². The zero-order valence-electron chi connectivity index (χ0n) is 12.0. The lowest BCUT2D eigenvalue weighted by molar-refractivity contribution is -0.133. The predicted molar refractivity (Wildman–Crippen MR) is 80.5 cm³/mol. The molecule has 0 atom stereocenters. The average molecular weight is 292 g/mol. The van der Waals surface area contributed by atoms with E-state index in [4.69, 9.17) is 15.2 Å². The molecule has 1 aliphatic rings. The molecule has 0 saturated carbocycles. The minimum absolute atomic E-state index is 0.0367. The van der Waals surface area contributed by atoms with E-state index in [0.717, 1.165) is 11.4 Å². The number of carbonyl (C=O) groups excluding carboxylic acids is 1. The zero-order valence-corrected chi connectivity index (χ0v) is 12.0. The van der Waals surface area contributed by atoms with Gasteiger partial charge in [-0.2, -0.15) is 0 Å². The number of guanidine groups is 1. The van der Waals surface area contributed by atoms with Crippen molar-refractivity contribution in [2.24, 2.45) is 10.7 Å². The number of ether oxygens (including phenoxy) is 2. The van der Waals surface area contributed by atoms with Crippen molar-refractivity contribution >= 4 is 17.6 Å². The molecule has 1 amide bonds. The summed E-state index contributed by atoms with van der Waals surface area (Å²) >= 11 is 0. The van der Waals surface area contributed by atoms with E-state index in [9.17, 15) is 4.79 Å². The van der Waals surface area contributed by atoms with Crippen LogP contribution in [0.3, 0.4) is 0 Å². The molecule has 7 heteroatoms. The molecule has 7 nitrogen and oxygen atoms in total. The fraction of sp³-hybridized carbons (Fsp3) is 0.429. The number of aliphatic imine (C=N–C) groups is 1. The van der Waals surface area contributed by atoms with Gasteiger partial charge < -0.3 is 25.4 Å². The third-order valence-electron chi connectivity index (χ3n) is 3.11. The Bertz CT molecular complexity index is 495. The van der Waals surface area contributed by atoms with Crippen LogP contribution in [0.4, 0.5) is 5.69 Å². The van der Waals surface area contributed by atoms with Crippen molar-refractivity contribution in [1.29, 1.82) is 0 Å². The van der Waals surface area contributed by atoms with E-state index in [2.05, 4.69) is 10.3 Å². The van der Waals surface area contributed by atoms with Gasteiger partial charge in [-0.1, -0.05) is 0 Å². The minimum atomic E-state index is -0.0437. The number of nitrogens with zero attached hydrogens (tertiary/aromatic N) is 2. The van der Waals surface area contributed by atoms with Crippen LogP contribution in [0.1, 0.15) is 0 Å². The van der Waals surface area contributed by atoms with E-state index in [1.54, 1.807) is 12.0 Å². The molecule has 3 N–H and O–H groups in total. The van der Waals surface area contributed by atoms with Crippen LogP contribution in [0.2, 0.25) is 0 Å². The van der Waals surface area contributed by atoms with Crippen LogP contribution >= 0.6 is 0 Å². The normalized spacial score (nSPS) is 15.7. The van der Waals surface area contributed by atoms with Gasteiger partial charge in [-0.05, 0) is 24.3 Å². The molecule has 0 aromatic heterocycles. The number of rotatable bonds is 4. The van der Waals surface area contributed by atoms with E-state index in [1.807, 2.05) is 24.3 Å². The number of amides is 1. The number of nitrogens with two attached hydrogens (primary N) is 1. The van der Waals surface area contributed by atoms with E-state index in [-0.39, 0.29) is 18.4 Å². The van der Waals surface area contributed by atoms with Gasteiger partial charge in [0.1, 0.15) is 12.3 Å². The molecule has 2 rings (SSSR count). The Hall–Kier alpha value is -2.28. The topological polar surface area (TPSA) is 89.2 Å². The summed E-state index contributed by atoms with van der Waals surface area (Å²) in [6.45, 7) is 2.42. The number of hydrogen-bond donors (Lipinski definition) is 2. The summed E-state index contributed by atoms with van der Waals surface area (Å²) in [5.41, 5.74) is 6.55. The van der Waals surface area contributed by atoms with Crippen LogP contribution in [0.25, 0.3) is 0 Å². The maximum Gasteiger partial charge on any atom is 0.244 e. The molecule has 0 radical (unpaired) electrons. The molecule has 114 valence electrons. The van der Waals surface area contributed by atoms with Crippen LogP contribution in [0.15, 0.2) is 29.3 Å². The van der Waals surface area contributed by atoms with Crippen LogP contribution in [0.5, 0.6) is 5.75 Å². The Morgan fingerprint density at radius 3 is 2.67 bits per heavy atom. The van der Waals surface area contributed by atoms with Gasteiger partial charge in [0.05, 0.1) is 20.3 Å². The molecule has 1 fully saturated rings. The number of benzene rings is 1. The minimum Gasteiger partial charge on any atom is -0.497 e. The Morgan fingerprint density at radius 2 is 2.05 bits per heavy atom. The van der Waals surface area contributed by atoms with Crippen LogP contribution in [0, 0.1) is 0 Å². The Balaban J connectivity index is 1.83. The highest BCUT2D eigenvalue weighted by Crippen LogP contribution is 2.14. The molecule has 1 aliphatic heterocycles. The molecule has 1 aromatic carbocycles. The third kappa shape index (κ3) is 4.64. The molecule has 1 saturated heterocycles. The van der Waals surface area contributed by atoms with Crippen molar-refractivity contribution in [3.63, 3.8) is 0 Å². The lowest BCUT2D eigenvalue weighted by atomic mass is 10.3. The summed E-state index contributed by atoms with van der Waals surface area (Å²) in [4.78, 5) is 17.7. The molecule has 0 aliphatic carbocycles. The van der Waals surface area contributed by atoms with Crippen molar-refractivity contribution in [2.75, 3.05) is 45.3 Å². The van der Waals surface area contributed by atoms with Gasteiger partial charge in [-0.25, -0.2) is 4.99 Å². The van der Waals surface area contributed by atoms with Gasteiger partial charge in [0, 0.05) is 18.8 Å². The molecule has 0 unspecified atom stereocenters. The van der Waals surface area contributed by atoms with Crippen molar-refractivity contribution in [3.8, 4) is 5.75 Å². The van der Waals surface area contributed by atoms with E-state index in [0.29, 0.717) is 26.3 Å². The van der Waals surface area contributed by atoms with Crippen molar-refractivity contribution < 1.29 is 14.3 Å². The number of morpholine rings is 1. The van der Waals surface area contributed by atoms with Crippen LogP contribution < -0.4 is 15.8 Å². The number of carbonyl (C=O) groups is 1. The van der Waals surface area contributed by atoms with Gasteiger partial charge >= 0.3 is 0 Å². The standard InChI is InChI=1S/C14H20N4O3/c1-20-12-4-2-11(3-5-12)17-14(15)16-10-13(19)18-6-8-21-9-7-18/h2-5H,6-10H2,1H3,(H3,15,16,17). The first-order valence-electron chi connectivity index (χ1n) is 6.75. The predicted octanol–water partition coefficient (Wildman–Crippen LogP) is 0.281. The summed E-state index contributed by atoms with van der Waals surface area (Å²) in [6, 6.07) is 7.28. The van der Waals surface area contributed by atoms with Crippen LogP contribution in [-0.2, 0) is 9.53 Å². The number of methoxy groups -OCH3 is 1. The SMILES string of the molecule is COc1ccc(NC(N)=NCC(=O)N2CCOCC2)cc1. The monoisotopic (exact) mass is 292 g/mol. The summed E-state index contributed by atoms with van der Waals surface area (Å²) in [6.07, 6.45) is 0. The summed E-state index contributed by atoms with van der Waals surface area (Å²) < 4.78 is 10.3. The van der Waals surface area contributed by atoms with Gasteiger partial charge in [0.25, 0.3) is 0 Å². The van der Waals surface area contributed by atoms with E-state index < -0.39 is 0 Å². The van der Waals surface area contributed by atoms with Gasteiger partial charge in [-0.15, -0.1) is 0 Å². The molecule has 0 spiro atoms. The van der Waals surface area contributed by atoms with E-state index >= 15 is 0 Å². The fourth-order valence-corrected chi connectivity index (χ4v) is 1.93. The molecule has 0 bridgehead atoms. The highest BCUT2D eigenvalue weighted by molar-refractivity contribution is 5.93. The van der Waals surface area contributed by atoms with Crippen LogP contribution in [-0.4, -0.2) is 56.7 Å². The second-order valence-corrected chi connectivity index (χ2v) is 4.55. The molecule has 21 heavy (non-hydrogen) atoms. The largest absolute Gasteiger partial charge is 0.497 e. The summed E-state index contributed by atoms with van der Waals surface area (Å²) in [7, 11) is 1.61. The maximum absolute atomic E-state index is 11.9. The number of nitrogens with one attached hydrogen (secondary N) is 1. The molecular formula is C14H20N4O3. The zero-order chi connectivity index (χ0) is 15.1. The highest BCUT2D eigenvalue weighted by atomic mass is 16.5. The third-order valence-corrected chi connectivity index (χ3v) is 3.11. The van der Waals surface area contributed by atoms with Gasteiger partial charge in [0.2, 0.25) is 5.91 Å². The first-order chi connectivity index (χ1) is 10.2. The smallest absolute Gasteiger partial charge is 0.244 e. The lowest BCUT2D eigenvalue weighted by Crippen LogP contribution is -2.42. The quantitative estimate of drug-likeness (QED) is 0.614. The number of anilines is 1. The van der Waals surface area contributed by atoms with Crippen molar-refractivity contribution in [1.82, 2.24) is 4.90 Å². The Labute approximate surface area is 123 Å². The second-order valence-electron chi connectivity index (χ2n) is 4.55. The molecule has 1 heterocycles. The summed E-state index contributed by atoms with van der Waals surface area (Å²) in [5.74, 6) is 0.929. The Morgan fingerprint density at radius 1 is 1.38 bits per heavy atom. The summed E-state index contributed by atoms with van der Waals surface area (Å²) in [5, 5.41) is 2.93. The highest BCUT2D eigenvalue weighted by Gasteiger charge is 2.15.